The molecule has 1 aromatic heterocycles. The van der Waals surface area contributed by atoms with Gasteiger partial charge >= 0.3 is 0 Å². The zero-order valence-corrected chi connectivity index (χ0v) is 10.9. The fraction of sp³-hybridized carbons (Fsp3) is 0.267. The minimum atomic E-state index is 0.179. The highest BCUT2D eigenvalue weighted by Gasteiger charge is 2.20. The van der Waals surface area contributed by atoms with E-state index in [2.05, 4.69) is 31.2 Å². The number of thiophene rings is 1. The quantitative estimate of drug-likeness (QED) is 0.690. The lowest BCUT2D eigenvalue weighted by Gasteiger charge is -2.16. The van der Waals surface area contributed by atoms with Crippen LogP contribution < -0.4 is 0 Å². The summed E-state index contributed by atoms with van der Waals surface area (Å²) < 4.78 is 0. The molecule has 1 aliphatic carbocycles. The summed E-state index contributed by atoms with van der Waals surface area (Å²) in [6, 6.07) is 8.70. The Balaban J connectivity index is 2.19. The number of carbonyl (C=O) groups excluding carboxylic acids is 1. The molecular weight excluding hydrogens is 228 g/mol. The van der Waals surface area contributed by atoms with E-state index >= 15 is 0 Å². The summed E-state index contributed by atoms with van der Waals surface area (Å²) in [5, 5.41) is 0. The fourth-order valence-electron chi connectivity index (χ4n) is 2.44. The average Bonchev–Trinajstić information content (AvgIpc) is 2.72. The molecule has 0 fully saturated rings. The predicted octanol–water partition coefficient (Wildman–Crippen LogP) is 4.02. The van der Waals surface area contributed by atoms with Crippen molar-refractivity contribution in [1.82, 2.24) is 0 Å². The molecule has 1 nitrogen and oxygen atoms in total. The Labute approximate surface area is 105 Å². The van der Waals surface area contributed by atoms with Crippen LogP contribution in [0.2, 0.25) is 0 Å². The molecule has 0 saturated carbocycles. The highest BCUT2D eigenvalue weighted by atomic mass is 32.1. The van der Waals surface area contributed by atoms with Crippen LogP contribution in [0.1, 0.15) is 33.3 Å². The van der Waals surface area contributed by atoms with E-state index < -0.39 is 0 Å². The first-order valence-electron chi connectivity index (χ1n) is 5.88. The highest BCUT2D eigenvalue weighted by Crippen LogP contribution is 2.39. The van der Waals surface area contributed by atoms with Gasteiger partial charge in [-0.3, -0.25) is 4.79 Å². The summed E-state index contributed by atoms with van der Waals surface area (Å²) in [6.45, 7) is 3.78. The van der Waals surface area contributed by atoms with E-state index in [1.54, 1.807) is 18.3 Å². The number of ketones is 1. The summed E-state index contributed by atoms with van der Waals surface area (Å²) in [5.41, 5.74) is 5.41. The first-order valence-corrected chi connectivity index (χ1v) is 6.70. The van der Waals surface area contributed by atoms with Crippen molar-refractivity contribution in [2.24, 2.45) is 0 Å². The second-order valence-electron chi connectivity index (χ2n) is 4.68. The Morgan fingerprint density at radius 1 is 1.18 bits per heavy atom. The van der Waals surface area contributed by atoms with E-state index in [1.165, 1.54) is 27.1 Å². The molecule has 0 N–H and O–H groups in total. The lowest BCUT2D eigenvalue weighted by molar-refractivity contribution is 0.102. The van der Waals surface area contributed by atoms with Gasteiger partial charge in [0.05, 0.1) is 4.88 Å². The third-order valence-electron chi connectivity index (χ3n) is 3.33. The van der Waals surface area contributed by atoms with Crippen LogP contribution in [0, 0.1) is 6.92 Å². The molecular formula is C15H14OS. The summed E-state index contributed by atoms with van der Waals surface area (Å²) in [5.74, 6) is 0.179. The molecule has 0 bridgehead atoms. The number of aryl methyl sites for hydroxylation is 3. The van der Waals surface area contributed by atoms with E-state index in [0.29, 0.717) is 0 Å². The van der Waals surface area contributed by atoms with E-state index in [0.717, 1.165) is 17.7 Å². The molecule has 17 heavy (non-hydrogen) atoms. The maximum absolute atomic E-state index is 11.4. The lowest BCUT2D eigenvalue weighted by atomic mass is 9.90. The number of Topliss-reactive ketones (excluding diaryl/α,β-unsaturated/α-hetero) is 1. The van der Waals surface area contributed by atoms with Crippen molar-refractivity contribution < 1.29 is 4.79 Å². The molecule has 0 amide bonds. The number of benzene rings is 1. The molecule has 1 aromatic carbocycles. The first-order chi connectivity index (χ1) is 8.15. The van der Waals surface area contributed by atoms with Crippen LogP contribution in [0.4, 0.5) is 0 Å². The van der Waals surface area contributed by atoms with Crippen LogP contribution >= 0.6 is 11.3 Å². The Morgan fingerprint density at radius 2 is 1.94 bits per heavy atom. The number of hydrogen-bond acceptors (Lipinski definition) is 2. The van der Waals surface area contributed by atoms with Gasteiger partial charge in [0.15, 0.2) is 5.78 Å². The topological polar surface area (TPSA) is 17.1 Å². The third-order valence-corrected chi connectivity index (χ3v) is 4.64. The molecule has 2 heteroatoms. The van der Waals surface area contributed by atoms with Crippen molar-refractivity contribution in [2.75, 3.05) is 0 Å². The monoisotopic (exact) mass is 242 g/mol. The van der Waals surface area contributed by atoms with Crippen LogP contribution in [0.25, 0.3) is 10.4 Å². The van der Waals surface area contributed by atoms with Gasteiger partial charge in [0, 0.05) is 4.88 Å². The van der Waals surface area contributed by atoms with E-state index in [1.807, 2.05) is 0 Å². The molecule has 0 spiro atoms. The lowest BCUT2D eigenvalue weighted by Crippen LogP contribution is -2.01. The van der Waals surface area contributed by atoms with Crippen molar-refractivity contribution in [1.29, 1.82) is 0 Å². The van der Waals surface area contributed by atoms with E-state index in [9.17, 15) is 4.79 Å². The summed E-state index contributed by atoms with van der Waals surface area (Å²) in [4.78, 5) is 13.6. The maximum Gasteiger partial charge on any atom is 0.169 e. The number of carbonyl (C=O) groups is 1. The molecule has 0 atom stereocenters. The van der Waals surface area contributed by atoms with Gasteiger partial charge < -0.3 is 0 Å². The highest BCUT2D eigenvalue weighted by molar-refractivity contribution is 7.17. The van der Waals surface area contributed by atoms with Crippen molar-refractivity contribution in [3.8, 4) is 10.4 Å². The van der Waals surface area contributed by atoms with Gasteiger partial charge in [-0.05, 0) is 49.4 Å². The first kappa shape index (κ1) is 10.7. The molecule has 3 rings (SSSR count). The Kier molecular flexibility index (Phi) is 2.40. The van der Waals surface area contributed by atoms with Gasteiger partial charge in [0.1, 0.15) is 0 Å². The van der Waals surface area contributed by atoms with Crippen LogP contribution in [0.5, 0.6) is 0 Å². The van der Waals surface area contributed by atoms with Crippen molar-refractivity contribution >= 4 is 17.1 Å². The van der Waals surface area contributed by atoms with E-state index in [-0.39, 0.29) is 5.78 Å². The second-order valence-corrected chi connectivity index (χ2v) is 5.73. The van der Waals surface area contributed by atoms with E-state index in [4.69, 9.17) is 0 Å². The van der Waals surface area contributed by atoms with Crippen LogP contribution in [-0.2, 0) is 12.8 Å². The van der Waals surface area contributed by atoms with Crippen molar-refractivity contribution in [3.05, 3.63) is 45.8 Å². The fourth-order valence-corrected chi connectivity index (χ4v) is 3.60. The molecule has 86 valence electrons. The van der Waals surface area contributed by atoms with Gasteiger partial charge in [-0.2, -0.15) is 0 Å². The zero-order chi connectivity index (χ0) is 12.0. The van der Waals surface area contributed by atoms with Crippen LogP contribution in [0.15, 0.2) is 24.3 Å². The number of rotatable bonds is 1. The Bertz CT molecular complexity index is 607. The van der Waals surface area contributed by atoms with Gasteiger partial charge in [-0.25, -0.2) is 0 Å². The second kappa shape index (κ2) is 3.81. The molecule has 0 aliphatic heterocycles. The largest absolute Gasteiger partial charge is 0.294 e. The normalized spacial score (nSPS) is 13.1. The molecule has 0 saturated heterocycles. The molecule has 0 unspecified atom stereocenters. The van der Waals surface area contributed by atoms with Crippen molar-refractivity contribution in [2.45, 2.75) is 26.7 Å². The standard InChI is InChI=1S/C15H14OS/c1-9-3-6-13-11(7-9)4-5-12-8-14(10(2)16)17-15(12)13/h3,6-8H,4-5H2,1-2H3. The minimum absolute atomic E-state index is 0.179. The predicted molar refractivity (Wildman–Crippen MR) is 71.9 cm³/mol. The van der Waals surface area contributed by atoms with Crippen LogP contribution in [-0.4, -0.2) is 5.78 Å². The van der Waals surface area contributed by atoms with Crippen molar-refractivity contribution in [3.63, 3.8) is 0 Å². The summed E-state index contributed by atoms with van der Waals surface area (Å²) in [6.07, 6.45) is 2.16. The van der Waals surface area contributed by atoms with Crippen LogP contribution in [0.3, 0.4) is 0 Å². The van der Waals surface area contributed by atoms with Gasteiger partial charge in [0.25, 0.3) is 0 Å². The van der Waals surface area contributed by atoms with Gasteiger partial charge in [-0.15, -0.1) is 11.3 Å². The van der Waals surface area contributed by atoms with Gasteiger partial charge in [-0.1, -0.05) is 23.8 Å². The van der Waals surface area contributed by atoms with Gasteiger partial charge in [0.2, 0.25) is 0 Å². The molecule has 1 heterocycles. The molecule has 1 aliphatic rings. The number of fused-ring (bicyclic) bond motifs is 3. The minimum Gasteiger partial charge on any atom is -0.294 e. The summed E-state index contributed by atoms with van der Waals surface area (Å²) >= 11 is 1.64. The maximum atomic E-state index is 11.4. The molecule has 2 aromatic rings. The summed E-state index contributed by atoms with van der Waals surface area (Å²) in [7, 11) is 0. The molecule has 0 radical (unpaired) electrons. The smallest absolute Gasteiger partial charge is 0.169 e. The third kappa shape index (κ3) is 1.73. The SMILES string of the molecule is CC(=O)c1cc2c(s1)-c1ccc(C)cc1CC2. The Morgan fingerprint density at radius 3 is 2.71 bits per heavy atom. The average molecular weight is 242 g/mol. The number of hydrogen-bond donors (Lipinski definition) is 0. The zero-order valence-electron chi connectivity index (χ0n) is 10.0. The Hall–Kier alpha value is -1.41.